The Labute approximate surface area is 144 Å². The average molecular weight is 326 g/mol. The third kappa shape index (κ3) is 3.71. The highest BCUT2D eigenvalue weighted by Gasteiger charge is 2.34. The molecule has 1 saturated heterocycles. The maximum Gasteiger partial charge on any atom is 0.124 e. The fraction of sp³-hybridized carbons (Fsp3) is 0.400. The topological polar surface area (TPSA) is 56.5 Å². The Bertz CT molecular complexity index is 652. The Morgan fingerprint density at radius 3 is 2.54 bits per heavy atom. The van der Waals surface area contributed by atoms with Gasteiger partial charge in [0.1, 0.15) is 5.75 Å². The van der Waals surface area contributed by atoms with Gasteiger partial charge in [0, 0.05) is 16.7 Å². The van der Waals surface area contributed by atoms with Gasteiger partial charge in [-0.15, -0.1) is 0 Å². The number of rotatable bonds is 6. The lowest BCUT2D eigenvalue weighted by Crippen LogP contribution is -2.43. The van der Waals surface area contributed by atoms with Crippen LogP contribution in [-0.4, -0.2) is 26.8 Å². The first kappa shape index (κ1) is 16.8. The molecule has 1 heterocycles. The van der Waals surface area contributed by atoms with E-state index in [1.807, 2.05) is 18.2 Å². The Morgan fingerprint density at radius 2 is 1.83 bits per heavy atom. The van der Waals surface area contributed by atoms with Gasteiger partial charge in [-0.25, -0.2) is 0 Å². The molecular formula is C20H26N2O2. The summed E-state index contributed by atoms with van der Waals surface area (Å²) in [6, 6.07) is 16.4. The Hall–Kier alpha value is -2.04. The highest BCUT2D eigenvalue weighted by molar-refractivity contribution is 5.47. The van der Waals surface area contributed by atoms with Crippen LogP contribution in [0.5, 0.6) is 5.75 Å². The molecule has 0 atom stereocenters. The second kappa shape index (κ2) is 7.69. The summed E-state index contributed by atoms with van der Waals surface area (Å²) in [5.74, 6) is 0.822. The van der Waals surface area contributed by atoms with Gasteiger partial charge < -0.3 is 20.5 Å². The molecule has 128 valence electrons. The zero-order chi connectivity index (χ0) is 16.8. The third-order valence-electron chi connectivity index (χ3n) is 4.89. The molecule has 4 nitrogen and oxygen atoms in total. The van der Waals surface area contributed by atoms with Crippen LogP contribution in [0, 0.1) is 0 Å². The van der Waals surface area contributed by atoms with E-state index in [0.717, 1.165) is 42.9 Å². The molecule has 0 saturated carbocycles. The van der Waals surface area contributed by atoms with Crippen LogP contribution in [0.25, 0.3) is 0 Å². The number of nitrogens with one attached hydrogen (secondary N) is 1. The molecule has 1 fully saturated rings. The molecule has 3 N–H and O–H groups in total. The number of nitrogen functional groups attached to an aromatic ring is 1. The van der Waals surface area contributed by atoms with Crippen LogP contribution in [0.15, 0.2) is 48.5 Å². The fourth-order valence-electron chi connectivity index (χ4n) is 3.48. The molecular weight excluding hydrogens is 300 g/mol. The lowest BCUT2D eigenvalue weighted by atomic mass is 9.74. The monoisotopic (exact) mass is 326 g/mol. The summed E-state index contributed by atoms with van der Waals surface area (Å²) < 4.78 is 11.6. The predicted octanol–water partition coefficient (Wildman–Crippen LogP) is 3.12. The van der Waals surface area contributed by atoms with E-state index in [4.69, 9.17) is 15.2 Å². The van der Waals surface area contributed by atoms with Gasteiger partial charge in [0.15, 0.2) is 0 Å². The van der Waals surface area contributed by atoms with Crippen molar-refractivity contribution in [3.63, 3.8) is 0 Å². The lowest BCUT2D eigenvalue weighted by Gasteiger charge is -2.38. The molecule has 2 aromatic carbocycles. The number of piperidine rings is 1. The molecule has 1 aliphatic rings. The standard InChI is InChI=1S/C20H26N2O2/c1-23-19-8-7-18(21)13-16(19)14-24-15-20(9-11-22-12-10-20)17-5-3-2-4-6-17/h2-8,13,22H,9-12,14-15,21H2,1H3. The first-order chi connectivity index (χ1) is 11.7. The Morgan fingerprint density at radius 1 is 1.08 bits per heavy atom. The molecule has 0 spiro atoms. The van der Waals surface area contributed by atoms with Crippen molar-refractivity contribution in [3.05, 3.63) is 59.7 Å². The summed E-state index contributed by atoms with van der Waals surface area (Å²) in [4.78, 5) is 0. The number of hydrogen-bond donors (Lipinski definition) is 2. The molecule has 3 rings (SSSR count). The number of ether oxygens (including phenoxy) is 2. The second-order valence-electron chi connectivity index (χ2n) is 6.46. The van der Waals surface area contributed by atoms with E-state index >= 15 is 0 Å². The smallest absolute Gasteiger partial charge is 0.124 e. The summed E-state index contributed by atoms with van der Waals surface area (Å²) in [5.41, 5.74) is 9.07. The van der Waals surface area contributed by atoms with Crippen molar-refractivity contribution in [2.24, 2.45) is 0 Å². The Balaban J connectivity index is 1.72. The molecule has 1 aliphatic heterocycles. The van der Waals surface area contributed by atoms with E-state index in [1.54, 1.807) is 7.11 Å². The molecule has 4 heteroatoms. The van der Waals surface area contributed by atoms with Gasteiger partial charge in [0.25, 0.3) is 0 Å². The zero-order valence-electron chi connectivity index (χ0n) is 14.3. The van der Waals surface area contributed by atoms with Gasteiger partial charge in [-0.1, -0.05) is 30.3 Å². The lowest BCUT2D eigenvalue weighted by molar-refractivity contribution is 0.0555. The van der Waals surface area contributed by atoms with Crippen LogP contribution >= 0.6 is 0 Å². The maximum atomic E-state index is 6.15. The second-order valence-corrected chi connectivity index (χ2v) is 6.46. The van der Waals surface area contributed by atoms with Crippen LogP contribution in [-0.2, 0) is 16.8 Å². The van der Waals surface area contributed by atoms with E-state index in [1.165, 1.54) is 5.56 Å². The van der Waals surface area contributed by atoms with Gasteiger partial charge in [-0.3, -0.25) is 0 Å². The van der Waals surface area contributed by atoms with Gasteiger partial charge in [-0.05, 0) is 49.7 Å². The summed E-state index contributed by atoms with van der Waals surface area (Å²) in [6.07, 6.45) is 2.18. The van der Waals surface area contributed by atoms with E-state index in [-0.39, 0.29) is 5.41 Å². The van der Waals surface area contributed by atoms with E-state index in [2.05, 4.69) is 35.6 Å². The fourth-order valence-corrected chi connectivity index (χ4v) is 3.48. The molecule has 0 radical (unpaired) electrons. The minimum Gasteiger partial charge on any atom is -0.496 e. The van der Waals surface area contributed by atoms with E-state index in [9.17, 15) is 0 Å². The van der Waals surface area contributed by atoms with Crippen LogP contribution in [0.3, 0.4) is 0 Å². The van der Waals surface area contributed by atoms with E-state index < -0.39 is 0 Å². The molecule has 0 amide bonds. The number of anilines is 1. The van der Waals surface area contributed by atoms with Crippen molar-refractivity contribution in [3.8, 4) is 5.75 Å². The number of nitrogens with two attached hydrogens (primary N) is 1. The van der Waals surface area contributed by atoms with Crippen molar-refractivity contribution >= 4 is 5.69 Å². The van der Waals surface area contributed by atoms with Crippen molar-refractivity contribution in [1.29, 1.82) is 0 Å². The number of methoxy groups -OCH3 is 1. The van der Waals surface area contributed by atoms with Gasteiger partial charge >= 0.3 is 0 Å². The molecule has 0 aliphatic carbocycles. The van der Waals surface area contributed by atoms with Crippen molar-refractivity contribution < 1.29 is 9.47 Å². The largest absolute Gasteiger partial charge is 0.496 e. The number of hydrogen-bond acceptors (Lipinski definition) is 4. The number of benzene rings is 2. The quantitative estimate of drug-likeness (QED) is 0.801. The summed E-state index contributed by atoms with van der Waals surface area (Å²) in [7, 11) is 1.67. The molecule has 0 aromatic heterocycles. The van der Waals surface area contributed by atoms with Gasteiger partial charge in [-0.2, -0.15) is 0 Å². The molecule has 0 unspecified atom stereocenters. The third-order valence-corrected chi connectivity index (χ3v) is 4.89. The van der Waals surface area contributed by atoms with Crippen molar-refractivity contribution in [2.75, 3.05) is 32.5 Å². The zero-order valence-corrected chi connectivity index (χ0v) is 14.3. The molecule has 0 bridgehead atoms. The highest BCUT2D eigenvalue weighted by atomic mass is 16.5. The van der Waals surface area contributed by atoms with Gasteiger partial charge in [0.05, 0.1) is 20.3 Å². The first-order valence-corrected chi connectivity index (χ1v) is 8.50. The first-order valence-electron chi connectivity index (χ1n) is 8.50. The molecule has 2 aromatic rings. The van der Waals surface area contributed by atoms with Crippen molar-refractivity contribution in [1.82, 2.24) is 5.32 Å². The van der Waals surface area contributed by atoms with E-state index in [0.29, 0.717) is 13.2 Å². The summed E-state index contributed by atoms with van der Waals surface area (Å²) >= 11 is 0. The van der Waals surface area contributed by atoms with Crippen molar-refractivity contribution in [2.45, 2.75) is 24.9 Å². The maximum absolute atomic E-state index is 6.15. The highest BCUT2D eigenvalue weighted by Crippen LogP contribution is 2.34. The Kier molecular flexibility index (Phi) is 5.38. The summed E-state index contributed by atoms with van der Waals surface area (Å²) in [5, 5.41) is 3.45. The summed E-state index contributed by atoms with van der Waals surface area (Å²) in [6.45, 7) is 3.27. The minimum absolute atomic E-state index is 0.0834. The van der Waals surface area contributed by atoms with Crippen LogP contribution in [0.4, 0.5) is 5.69 Å². The predicted molar refractivity (Wildman–Crippen MR) is 97.3 cm³/mol. The van der Waals surface area contributed by atoms with Crippen LogP contribution in [0.1, 0.15) is 24.0 Å². The van der Waals surface area contributed by atoms with Crippen LogP contribution < -0.4 is 15.8 Å². The van der Waals surface area contributed by atoms with Crippen LogP contribution in [0.2, 0.25) is 0 Å². The van der Waals surface area contributed by atoms with Gasteiger partial charge in [0.2, 0.25) is 0 Å². The normalized spacial score (nSPS) is 16.7. The molecule has 24 heavy (non-hydrogen) atoms. The SMILES string of the molecule is COc1ccc(N)cc1COCC1(c2ccccc2)CCNCC1. The average Bonchev–Trinajstić information content (AvgIpc) is 2.63. The minimum atomic E-state index is 0.0834.